The first kappa shape index (κ1) is 18.3. The van der Waals surface area contributed by atoms with E-state index in [4.69, 9.17) is 20.9 Å². The summed E-state index contributed by atoms with van der Waals surface area (Å²) in [4.78, 5) is 12.6. The van der Waals surface area contributed by atoms with E-state index in [0.717, 1.165) is 5.56 Å². The average Bonchev–Trinajstić information content (AvgIpc) is 2.97. The van der Waals surface area contributed by atoms with E-state index >= 15 is 0 Å². The van der Waals surface area contributed by atoms with Crippen molar-refractivity contribution in [2.75, 3.05) is 32.1 Å². The van der Waals surface area contributed by atoms with Crippen LogP contribution in [0.4, 0.5) is 5.82 Å². The highest BCUT2D eigenvalue weighted by molar-refractivity contribution is 6.30. The van der Waals surface area contributed by atoms with Crippen molar-refractivity contribution in [3.05, 3.63) is 34.9 Å². The van der Waals surface area contributed by atoms with Gasteiger partial charge in [0, 0.05) is 30.8 Å². The van der Waals surface area contributed by atoms with Gasteiger partial charge >= 0.3 is 0 Å². The van der Waals surface area contributed by atoms with Crippen LogP contribution >= 0.6 is 11.6 Å². The van der Waals surface area contributed by atoms with E-state index in [1.807, 2.05) is 13.8 Å². The van der Waals surface area contributed by atoms with Crippen molar-refractivity contribution in [1.82, 2.24) is 10.5 Å². The summed E-state index contributed by atoms with van der Waals surface area (Å²) >= 11 is 5.92. The van der Waals surface area contributed by atoms with Gasteiger partial charge in [-0.1, -0.05) is 30.6 Å². The molecular weight excluding hydrogens is 330 g/mol. The lowest BCUT2D eigenvalue weighted by Crippen LogP contribution is -2.28. The third-order valence-electron chi connectivity index (χ3n) is 3.30. The molecule has 1 amide bonds. The van der Waals surface area contributed by atoms with E-state index in [0.29, 0.717) is 47.8 Å². The molecule has 0 bridgehead atoms. The van der Waals surface area contributed by atoms with Crippen LogP contribution in [0.5, 0.6) is 0 Å². The number of carbonyl (C=O) groups is 1. The Kier molecular flexibility index (Phi) is 6.63. The molecule has 0 saturated heterocycles. The smallest absolute Gasteiger partial charge is 0.259 e. The van der Waals surface area contributed by atoms with Crippen LogP contribution in [0.1, 0.15) is 24.2 Å². The molecule has 0 unspecified atom stereocenters. The fourth-order valence-electron chi connectivity index (χ4n) is 2.08. The van der Waals surface area contributed by atoms with Crippen LogP contribution in [0.25, 0.3) is 11.3 Å². The number of carbonyl (C=O) groups excluding carboxylic acids is 1. The minimum atomic E-state index is -0.227. The minimum absolute atomic E-state index is 0.227. The topological polar surface area (TPSA) is 76.4 Å². The number of anilines is 1. The molecule has 0 spiro atoms. The number of nitrogens with zero attached hydrogens (tertiary/aromatic N) is 1. The molecule has 2 rings (SSSR count). The molecule has 0 fully saturated rings. The van der Waals surface area contributed by atoms with Crippen molar-refractivity contribution in [3.63, 3.8) is 0 Å². The number of hydrogen-bond acceptors (Lipinski definition) is 5. The number of ether oxygens (including phenoxy) is 1. The lowest BCUT2D eigenvalue weighted by Gasteiger charge is -2.09. The number of methoxy groups -OCH3 is 1. The second kappa shape index (κ2) is 8.70. The monoisotopic (exact) mass is 351 g/mol. The van der Waals surface area contributed by atoms with Crippen LogP contribution in [0.3, 0.4) is 0 Å². The standard InChI is InChI=1S/C17H22ClN3O3/c1-11(2)10-20-17(22)14-15(12-4-6-13(18)7-5-12)24-21-16(14)19-8-9-23-3/h4-7,11H,8-10H2,1-3H3,(H,19,21)(H,20,22). The number of amides is 1. The SMILES string of the molecule is COCCNc1noc(-c2ccc(Cl)cc2)c1C(=O)NCC(C)C. The van der Waals surface area contributed by atoms with Crippen molar-refractivity contribution in [3.8, 4) is 11.3 Å². The van der Waals surface area contributed by atoms with E-state index in [2.05, 4.69) is 15.8 Å². The van der Waals surface area contributed by atoms with Gasteiger partial charge in [-0.2, -0.15) is 0 Å². The molecule has 1 aromatic carbocycles. The summed E-state index contributed by atoms with van der Waals surface area (Å²) in [5, 5.41) is 10.6. The number of nitrogens with one attached hydrogen (secondary N) is 2. The summed E-state index contributed by atoms with van der Waals surface area (Å²) in [6.07, 6.45) is 0. The second-order valence-corrected chi connectivity index (χ2v) is 6.20. The van der Waals surface area contributed by atoms with E-state index in [9.17, 15) is 4.79 Å². The summed E-state index contributed by atoms with van der Waals surface area (Å²) in [6, 6.07) is 7.07. The maximum atomic E-state index is 12.6. The van der Waals surface area contributed by atoms with E-state index in [1.54, 1.807) is 31.4 Å². The van der Waals surface area contributed by atoms with Gasteiger partial charge in [0.15, 0.2) is 11.6 Å². The first-order valence-electron chi connectivity index (χ1n) is 7.79. The maximum Gasteiger partial charge on any atom is 0.259 e. The van der Waals surface area contributed by atoms with Gasteiger partial charge in [0.25, 0.3) is 5.91 Å². The van der Waals surface area contributed by atoms with Crippen LogP contribution in [0, 0.1) is 5.92 Å². The van der Waals surface area contributed by atoms with Gasteiger partial charge in [-0.05, 0) is 30.2 Å². The van der Waals surface area contributed by atoms with Gasteiger partial charge in [0.2, 0.25) is 0 Å². The first-order valence-corrected chi connectivity index (χ1v) is 8.17. The Balaban J connectivity index is 2.31. The molecular formula is C17H22ClN3O3. The molecule has 0 aliphatic carbocycles. The Hall–Kier alpha value is -2.05. The van der Waals surface area contributed by atoms with E-state index < -0.39 is 0 Å². The lowest BCUT2D eigenvalue weighted by atomic mass is 10.1. The molecule has 0 radical (unpaired) electrons. The lowest BCUT2D eigenvalue weighted by molar-refractivity contribution is 0.0950. The average molecular weight is 352 g/mol. The third-order valence-corrected chi connectivity index (χ3v) is 3.55. The predicted octanol–water partition coefficient (Wildman–Crippen LogP) is 3.44. The van der Waals surface area contributed by atoms with E-state index in [-0.39, 0.29) is 5.91 Å². The molecule has 0 saturated carbocycles. The van der Waals surface area contributed by atoms with Crippen molar-refractivity contribution >= 4 is 23.3 Å². The normalized spacial score (nSPS) is 10.9. The molecule has 130 valence electrons. The van der Waals surface area contributed by atoms with E-state index in [1.165, 1.54) is 0 Å². The maximum absolute atomic E-state index is 12.6. The fourth-order valence-corrected chi connectivity index (χ4v) is 2.20. The van der Waals surface area contributed by atoms with Crippen LogP contribution in [0.2, 0.25) is 5.02 Å². The Morgan fingerprint density at radius 3 is 2.67 bits per heavy atom. The number of rotatable bonds is 8. The highest BCUT2D eigenvalue weighted by Gasteiger charge is 2.24. The van der Waals surface area contributed by atoms with Crippen molar-refractivity contribution in [2.45, 2.75) is 13.8 Å². The molecule has 7 heteroatoms. The number of hydrogen-bond donors (Lipinski definition) is 2. The fraction of sp³-hybridized carbons (Fsp3) is 0.412. The summed E-state index contributed by atoms with van der Waals surface area (Å²) in [7, 11) is 1.61. The number of benzene rings is 1. The van der Waals surface area contributed by atoms with Gasteiger partial charge in [-0.15, -0.1) is 0 Å². The van der Waals surface area contributed by atoms with Crippen LogP contribution in [0.15, 0.2) is 28.8 Å². The summed E-state index contributed by atoms with van der Waals surface area (Å²) in [6.45, 7) is 5.66. The largest absolute Gasteiger partial charge is 0.383 e. The van der Waals surface area contributed by atoms with Crippen molar-refractivity contribution < 1.29 is 14.1 Å². The second-order valence-electron chi connectivity index (χ2n) is 5.77. The molecule has 2 aromatic rings. The van der Waals surface area contributed by atoms with Crippen molar-refractivity contribution in [2.24, 2.45) is 5.92 Å². The van der Waals surface area contributed by atoms with Gasteiger partial charge in [0.1, 0.15) is 5.56 Å². The molecule has 24 heavy (non-hydrogen) atoms. The zero-order valence-electron chi connectivity index (χ0n) is 14.1. The quantitative estimate of drug-likeness (QED) is 0.712. The first-order chi connectivity index (χ1) is 11.5. The molecule has 0 aliphatic rings. The third kappa shape index (κ3) is 4.72. The van der Waals surface area contributed by atoms with Gasteiger partial charge in [0.05, 0.1) is 6.61 Å². The molecule has 0 atom stereocenters. The van der Waals surface area contributed by atoms with Gasteiger partial charge in [-0.25, -0.2) is 0 Å². The minimum Gasteiger partial charge on any atom is -0.383 e. The van der Waals surface area contributed by atoms with Crippen LogP contribution in [-0.2, 0) is 4.74 Å². The highest BCUT2D eigenvalue weighted by atomic mass is 35.5. The van der Waals surface area contributed by atoms with Crippen LogP contribution in [-0.4, -0.2) is 37.9 Å². The zero-order chi connectivity index (χ0) is 17.5. The molecule has 6 nitrogen and oxygen atoms in total. The Morgan fingerprint density at radius 1 is 1.33 bits per heavy atom. The highest BCUT2D eigenvalue weighted by Crippen LogP contribution is 2.30. The van der Waals surface area contributed by atoms with Gasteiger partial charge in [-0.3, -0.25) is 4.79 Å². The number of aromatic nitrogens is 1. The Morgan fingerprint density at radius 2 is 2.04 bits per heavy atom. The zero-order valence-corrected chi connectivity index (χ0v) is 14.8. The Labute approximate surface area is 146 Å². The van der Waals surface area contributed by atoms with Crippen LogP contribution < -0.4 is 10.6 Å². The number of halogens is 1. The molecule has 2 N–H and O–H groups in total. The molecule has 1 heterocycles. The Bertz CT molecular complexity index is 668. The summed E-state index contributed by atoms with van der Waals surface area (Å²) in [5.41, 5.74) is 1.12. The predicted molar refractivity (Wildman–Crippen MR) is 94.5 cm³/mol. The van der Waals surface area contributed by atoms with Crippen molar-refractivity contribution in [1.29, 1.82) is 0 Å². The summed E-state index contributed by atoms with van der Waals surface area (Å²) in [5.74, 6) is 0.929. The summed E-state index contributed by atoms with van der Waals surface area (Å²) < 4.78 is 10.4. The molecule has 1 aromatic heterocycles. The molecule has 0 aliphatic heterocycles. The van der Waals surface area contributed by atoms with Gasteiger partial charge < -0.3 is 19.9 Å².